The van der Waals surface area contributed by atoms with Gasteiger partial charge < -0.3 is 10.3 Å². The van der Waals surface area contributed by atoms with Crippen LogP contribution in [0, 0.1) is 0 Å². The van der Waals surface area contributed by atoms with Crippen LogP contribution < -0.4 is 10.3 Å². The lowest BCUT2D eigenvalue weighted by Gasteiger charge is -2.15. The summed E-state index contributed by atoms with van der Waals surface area (Å²) in [5, 5.41) is 0. The summed E-state index contributed by atoms with van der Waals surface area (Å²) in [7, 11) is -4.15. The van der Waals surface area contributed by atoms with Gasteiger partial charge in [-0.05, 0) is 37.5 Å². The highest BCUT2D eigenvalue weighted by Gasteiger charge is 2.24. The molecule has 5 nitrogen and oxygen atoms in total. The minimum Gasteiger partial charge on any atom is -0.404 e. The van der Waals surface area contributed by atoms with Crippen LogP contribution in [0.3, 0.4) is 0 Å². The van der Waals surface area contributed by atoms with Crippen LogP contribution >= 0.6 is 7.82 Å². The zero-order chi connectivity index (χ0) is 17.1. The van der Waals surface area contributed by atoms with E-state index in [4.69, 9.17) is 10.3 Å². The van der Waals surface area contributed by atoms with E-state index in [1.54, 1.807) is 12.1 Å². The van der Waals surface area contributed by atoms with Gasteiger partial charge in [-0.1, -0.05) is 57.6 Å². The molecule has 0 saturated heterocycles. The van der Waals surface area contributed by atoms with E-state index in [2.05, 4.69) is 11.4 Å². The largest absolute Gasteiger partial charge is 0.528 e. The molecule has 1 aromatic carbocycles. The Hall–Kier alpha value is -0.870. The van der Waals surface area contributed by atoms with E-state index < -0.39 is 14.1 Å². The average Bonchev–Trinajstić information content (AvgIpc) is 2.46. The molecule has 0 aliphatic heterocycles. The maximum atomic E-state index is 11.6. The first kappa shape index (κ1) is 20.2. The molecule has 23 heavy (non-hydrogen) atoms. The molecular weight excluding hydrogens is 313 g/mol. The second kappa shape index (κ2) is 10.8. The number of benzene rings is 1. The van der Waals surface area contributed by atoms with Crippen LogP contribution in [0.5, 0.6) is 5.75 Å². The summed E-state index contributed by atoms with van der Waals surface area (Å²) in [6, 6.07) is 7.20. The Morgan fingerprint density at radius 1 is 1.09 bits per heavy atom. The quantitative estimate of drug-likeness (QED) is 0.324. The van der Waals surface area contributed by atoms with Crippen molar-refractivity contribution in [3.8, 4) is 5.75 Å². The Labute approximate surface area is 139 Å². The highest BCUT2D eigenvalue weighted by atomic mass is 31.2. The van der Waals surface area contributed by atoms with Crippen molar-refractivity contribution in [3.05, 3.63) is 29.8 Å². The summed E-state index contributed by atoms with van der Waals surface area (Å²) in [5.41, 5.74) is 6.53. The van der Waals surface area contributed by atoms with Gasteiger partial charge in [-0.25, -0.2) is 4.57 Å². The lowest BCUT2D eigenvalue weighted by atomic mass is 10.0. The van der Waals surface area contributed by atoms with E-state index in [0.29, 0.717) is 5.75 Å². The third-order valence-electron chi connectivity index (χ3n) is 3.51. The molecule has 132 valence electrons. The Morgan fingerprint density at radius 2 is 1.65 bits per heavy atom. The molecule has 0 spiro atoms. The van der Waals surface area contributed by atoms with Crippen LogP contribution in [0.15, 0.2) is 24.3 Å². The van der Waals surface area contributed by atoms with Crippen LogP contribution in [-0.2, 0) is 15.5 Å². The van der Waals surface area contributed by atoms with Crippen LogP contribution in [0.2, 0.25) is 0 Å². The predicted molar refractivity (Wildman–Crippen MR) is 93.3 cm³/mol. The first-order valence-electron chi connectivity index (χ1n) is 8.48. The highest BCUT2D eigenvalue weighted by Crippen LogP contribution is 2.44. The van der Waals surface area contributed by atoms with Gasteiger partial charge in [0.15, 0.2) is 0 Å². The summed E-state index contributed by atoms with van der Waals surface area (Å²) in [6.45, 7) is 3.70. The summed E-state index contributed by atoms with van der Waals surface area (Å²) >= 11 is 0. The van der Waals surface area contributed by atoms with Gasteiger partial charge in [-0.15, -0.1) is 0 Å². The first-order chi connectivity index (χ1) is 10.9. The van der Waals surface area contributed by atoms with Gasteiger partial charge >= 0.3 is 7.82 Å². The lowest BCUT2D eigenvalue weighted by Crippen LogP contribution is -2.18. The molecule has 0 heterocycles. The molecule has 0 amide bonds. The van der Waals surface area contributed by atoms with E-state index in [1.165, 1.54) is 57.4 Å². The minimum absolute atomic E-state index is 0.305. The fraction of sp³-hybridized carbons (Fsp3) is 0.647. The average molecular weight is 343 g/mol. The summed E-state index contributed by atoms with van der Waals surface area (Å²) in [6.07, 6.45) is 9.15. The molecule has 0 bridgehead atoms. The van der Waals surface area contributed by atoms with E-state index in [0.717, 1.165) is 6.42 Å². The van der Waals surface area contributed by atoms with Crippen LogP contribution in [0.1, 0.15) is 64.4 Å². The monoisotopic (exact) mass is 343 g/mol. The number of nitrogens with two attached hydrogens (primary N) is 1. The SMILES string of the molecule is CCCCCCCCCc1ccc(OP(=O)(O)OC(C)N)cc1. The van der Waals surface area contributed by atoms with E-state index in [1.807, 2.05) is 12.1 Å². The van der Waals surface area contributed by atoms with Gasteiger partial charge in [-0.3, -0.25) is 9.42 Å². The molecule has 0 aromatic heterocycles. The summed E-state index contributed by atoms with van der Waals surface area (Å²) < 4.78 is 21.2. The maximum absolute atomic E-state index is 11.6. The molecule has 2 atom stereocenters. The molecule has 1 rings (SSSR count). The normalized spacial score (nSPS) is 15.1. The van der Waals surface area contributed by atoms with Crippen LogP contribution in [-0.4, -0.2) is 11.1 Å². The molecule has 0 aliphatic rings. The Kier molecular flexibility index (Phi) is 9.49. The maximum Gasteiger partial charge on any atom is 0.528 e. The molecule has 1 aromatic rings. The number of hydrogen-bond acceptors (Lipinski definition) is 4. The minimum atomic E-state index is -4.15. The molecule has 0 aliphatic carbocycles. The van der Waals surface area contributed by atoms with Crippen molar-refractivity contribution in [2.24, 2.45) is 5.73 Å². The molecule has 6 heteroatoms. The predicted octanol–water partition coefficient (Wildman–Crippen LogP) is 4.78. The van der Waals surface area contributed by atoms with Gasteiger partial charge in [0.2, 0.25) is 0 Å². The van der Waals surface area contributed by atoms with Crippen molar-refractivity contribution in [1.29, 1.82) is 0 Å². The summed E-state index contributed by atoms with van der Waals surface area (Å²) in [4.78, 5) is 9.50. The van der Waals surface area contributed by atoms with Gasteiger partial charge in [0.1, 0.15) is 12.0 Å². The van der Waals surface area contributed by atoms with Crippen LogP contribution in [0.4, 0.5) is 0 Å². The number of aryl methyl sites for hydroxylation is 1. The zero-order valence-corrected chi connectivity index (χ0v) is 15.1. The number of unbranched alkanes of at least 4 members (excludes halogenated alkanes) is 6. The first-order valence-corrected chi connectivity index (χ1v) is 9.98. The fourth-order valence-corrected chi connectivity index (χ4v) is 3.22. The Bertz CT molecular complexity index is 476. The number of phosphoric acid groups is 1. The van der Waals surface area contributed by atoms with Gasteiger partial charge in [0.25, 0.3) is 0 Å². The number of hydrogen-bond donors (Lipinski definition) is 2. The van der Waals surface area contributed by atoms with Gasteiger partial charge in [-0.2, -0.15) is 0 Å². The second-order valence-electron chi connectivity index (χ2n) is 5.89. The van der Waals surface area contributed by atoms with Crippen molar-refractivity contribution < 1.29 is 18.5 Å². The van der Waals surface area contributed by atoms with Gasteiger partial charge in [0, 0.05) is 0 Å². The van der Waals surface area contributed by atoms with Crippen molar-refractivity contribution in [2.45, 2.75) is 71.4 Å². The van der Waals surface area contributed by atoms with Crippen molar-refractivity contribution in [1.82, 2.24) is 0 Å². The zero-order valence-electron chi connectivity index (χ0n) is 14.2. The second-order valence-corrected chi connectivity index (χ2v) is 7.22. The smallest absolute Gasteiger partial charge is 0.404 e. The van der Waals surface area contributed by atoms with E-state index >= 15 is 0 Å². The summed E-state index contributed by atoms with van der Waals surface area (Å²) in [5.74, 6) is 0.305. The standard InChI is InChI=1S/C17H30NO4P/c1-3-4-5-6-7-8-9-10-16-11-13-17(14-12-16)22-23(19,20)21-15(2)18/h11-15H,3-10,18H2,1-2H3,(H,19,20). The number of phosphoric ester groups is 1. The molecular formula is C17H30NO4P. The van der Waals surface area contributed by atoms with E-state index in [-0.39, 0.29) is 0 Å². The molecule has 3 N–H and O–H groups in total. The Morgan fingerprint density at radius 3 is 2.22 bits per heavy atom. The molecule has 0 radical (unpaired) electrons. The van der Waals surface area contributed by atoms with Crippen molar-refractivity contribution >= 4 is 7.82 Å². The van der Waals surface area contributed by atoms with Crippen molar-refractivity contribution in [3.63, 3.8) is 0 Å². The van der Waals surface area contributed by atoms with E-state index in [9.17, 15) is 9.46 Å². The third-order valence-corrected chi connectivity index (χ3v) is 4.55. The topological polar surface area (TPSA) is 81.8 Å². The fourth-order valence-electron chi connectivity index (χ4n) is 2.37. The third kappa shape index (κ3) is 9.77. The molecule has 0 saturated carbocycles. The Balaban J connectivity index is 2.29. The molecule has 0 fully saturated rings. The lowest BCUT2D eigenvalue weighted by molar-refractivity contribution is 0.154. The van der Waals surface area contributed by atoms with Crippen LogP contribution in [0.25, 0.3) is 0 Å². The molecule has 2 unspecified atom stereocenters. The number of rotatable bonds is 12. The van der Waals surface area contributed by atoms with Gasteiger partial charge in [0.05, 0.1) is 0 Å². The highest BCUT2D eigenvalue weighted by molar-refractivity contribution is 7.47. The van der Waals surface area contributed by atoms with Crippen molar-refractivity contribution in [2.75, 3.05) is 0 Å².